The Kier molecular flexibility index (Phi) is 6.71. The SMILES string of the molecule is CCC(=O)Nc1cncc(-c2cnc3n[nH]c(-c4nc5nccc(-c6cc(F)cc(C(N)S(C)(=O)=O)c6)c5[nH]4)c3c2)c1. The number of H-pyrrole nitrogens is 2. The van der Waals surface area contributed by atoms with Gasteiger partial charge in [-0.15, -0.1) is 0 Å². The molecule has 6 aromatic rings. The van der Waals surface area contributed by atoms with Crippen molar-refractivity contribution in [1.82, 2.24) is 35.1 Å². The lowest BCUT2D eigenvalue weighted by molar-refractivity contribution is -0.115. The minimum Gasteiger partial charge on any atom is -0.335 e. The van der Waals surface area contributed by atoms with Crippen LogP contribution in [0, 0.1) is 5.82 Å². The maximum Gasteiger partial charge on any atom is 0.224 e. The summed E-state index contributed by atoms with van der Waals surface area (Å²) in [5.41, 5.74) is 10.9. The van der Waals surface area contributed by atoms with Gasteiger partial charge in [-0.1, -0.05) is 6.92 Å². The number of halogens is 1. The molecule has 212 valence electrons. The van der Waals surface area contributed by atoms with Gasteiger partial charge in [-0.2, -0.15) is 5.10 Å². The lowest BCUT2D eigenvalue weighted by Crippen LogP contribution is -2.20. The molecule has 5 aromatic heterocycles. The highest BCUT2D eigenvalue weighted by molar-refractivity contribution is 7.90. The Morgan fingerprint density at radius 1 is 1.05 bits per heavy atom. The number of carbonyl (C=O) groups excluding carboxylic acids is 1. The molecule has 1 amide bonds. The van der Waals surface area contributed by atoms with E-state index >= 15 is 0 Å². The van der Waals surface area contributed by atoms with Crippen LogP contribution in [0.25, 0.3) is 56.0 Å². The van der Waals surface area contributed by atoms with Gasteiger partial charge in [0.05, 0.1) is 22.8 Å². The summed E-state index contributed by atoms with van der Waals surface area (Å²) < 4.78 is 38.7. The lowest BCUT2D eigenvalue weighted by atomic mass is 10.0. The number of amides is 1. The van der Waals surface area contributed by atoms with Crippen molar-refractivity contribution in [3.63, 3.8) is 0 Å². The third kappa shape index (κ3) is 5.08. The van der Waals surface area contributed by atoms with Crippen molar-refractivity contribution in [2.75, 3.05) is 11.6 Å². The monoisotopic (exact) mass is 585 g/mol. The molecule has 0 bridgehead atoms. The topological polar surface area (TPSA) is 185 Å². The number of aromatic nitrogens is 7. The van der Waals surface area contributed by atoms with Gasteiger partial charge >= 0.3 is 0 Å². The van der Waals surface area contributed by atoms with Crippen LogP contribution >= 0.6 is 0 Å². The number of fused-ring (bicyclic) bond motifs is 2. The van der Waals surface area contributed by atoms with Crippen LogP contribution in [0.1, 0.15) is 24.3 Å². The largest absolute Gasteiger partial charge is 0.335 e. The van der Waals surface area contributed by atoms with Crippen LogP contribution in [-0.2, 0) is 14.6 Å². The van der Waals surface area contributed by atoms with E-state index in [-0.39, 0.29) is 11.5 Å². The van der Waals surface area contributed by atoms with Gasteiger partial charge in [-0.05, 0) is 47.5 Å². The molecule has 0 fully saturated rings. The predicted molar refractivity (Wildman–Crippen MR) is 156 cm³/mol. The molecule has 0 aliphatic rings. The maximum atomic E-state index is 14.6. The maximum absolute atomic E-state index is 14.6. The average Bonchev–Trinajstić information content (AvgIpc) is 3.59. The summed E-state index contributed by atoms with van der Waals surface area (Å²) in [6.45, 7) is 1.77. The number of hydrogen-bond donors (Lipinski definition) is 4. The first-order valence-corrected chi connectivity index (χ1v) is 14.8. The number of rotatable bonds is 7. The number of anilines is 1. The van der Waals surface area contributed by atoms with E-state index in [9.17, 15) is 17.6 Å². The van der Waals surface area contributed by atoms with Crippen molar-refractivity contribution in [3.05, 3.63) is 72.6 Å². The number of sulfone groups is 1. The van der Waals surface area contributed by atoms with Crippen LogP contribution in [-0.4, -0.2) is 55.7 Å². The number of carbonyl (C=O) groups is 1. The summed E-state index contributed by atoms with van der Waals surface area (Å²) in [7, 11) is -3.65. The number of pyridine rings is 3. The molecule has 14 heteroatoms. The van der Waals surface area contributed by atoms with E-state index in [2.05, 4.69) is 40.4 Å². The van der Waals surface area contributed by atoms with Gasteiger partial charge in [0.25, 0.3) is 0 Å². The van der Waals surface area contributed by atoms with Crippen LogP contribution in [0.5, 0.6) is 0 Å². The van der Waals surface area contributed by atoms with E-state index in [0.717, 1.165) is 23.4 Å². The molecule has 5 N–H and O–H groups in total. The van der Waals surface area contributed by atoms with Gasteiger partial charge in [0.2, 0.25) is 5.91 Å². The van der Waals surface area contributed by atoms with E-state index < -0.39 is 21.0 Å². The highest BCUT2D eigenvalue weighted by Crippen LogP contribution is 2.33. The number of nitrogens with two attached hydrogens (primary N) is 1. The summed E-state index contributed by atoms with van der Waals surface area (Å²) >= 11 is 0. The molecule has 0 spiro atoms. The van der Waals surface area contributed by atoms with E-state index in [1.165, 1.54) is 18.3 Å². The van der Waals surface area contributed by atoms with Crippen molar-refractivity contribution in [2.45, 2.75) is 18.7 Å². The van der Waals surface area contributed by atoms with Crippen LogP contribution in [0.3, 0.4) is 0 Å². The first kappa shape index (κ1) is 27.1. The molecule has 5 heterocycles. The summed E-state index contributed by atoms with van der Waals surface area (Å²) in [5.74, 6) is -0.333. The molecule has 1 aromatic carbocycles. The standard InChI is InChI=1S/C28H24FN9O3S/c1-3-22(39)34-19-9-16(11-31-13-19)17-10-21-24(37-38-26(21)33-12-17)28-35-23-20(4-5-32-27(23)36-28)14-6-15(8-18(29)7-14)25(30)42(2,40)41/h4-13,25H,3,30H2,1-2H3,(H,34,39)(H,32,35,36)(H,33,37,38). The van der Waals surface area contributed by atoms with Crippen molar-refractivity contribution in [1.29, 1.82) is 0 Å². The van der Waals surface area contributed by atoms with Gasteiger partial charge < -0.3 is 16.0 Å². The average molecular weight is 586 g/mol. The third-order valence-corrected chi connectivity index (χ3v) is 7.93. The van der Waals surface area contributed by atoms with Crippen LogP contribution in [0.2, 0.25) is 0 Å². The Hall–Kier alpha value is -5.08. The molecule has 1 atom stereocenters. The molecule has 0 aliphatic heterocycles. The van der Waals surface area contributed by atoms with Crippen molar-refractivity contribution >= 4 is 43.6 Å². The molecule has 12 nitrogen and oxygen atoms in total. The van der Waals surface area contributed by atoms with E-state index in [1.54, 1.807) is 31.6 Å². The normalized spacial score (nSPS) is 12.6. The van der Waals surface area contributed by atoms with Crippen molar-refractivity contribution in [3.8, 4) is 33.8 Å². The highest BCUT2D eigenvalue weighted by Gasteiger charge is 2.21. The fraction of sp³-hybridized carbons (Fsp3) is 0.143. The zero-order valence-corrected chi connectivity index (χ0v) is 23.2. The van der Waals surface area contributed by atoms with E-state index in [0.29, 0.717) is 57.0 Å². The number of benzene rings is 1. The molecular formula is C28H24FN9O3S. The van der Waals surface area contributed by atoms with Crippen LogP contribution in [0.4, 0.5) is 10.1 Å². The van der Waals surface area contributed by atoms with E-state index in [1.807, 2.05) is 12.1 Å². The number of imidazole rings is 1. The molecule has 0 aliphatic carbocycles. The number of aromatic amines is 2. The fourth-order valence-electron chi connectivity index (χ4n) is 4.60. The lowest BCUT2D eigenvalue weighted by Gasteiger charge is -2.12. The summed E-state index contributed by atoms with van der Waals surface area (Å²) in [6, 6.07) is 9.31. The molecule has 42 heavy (non-hydrogen) atoms. The number of hydrogen-bond acceptors (Lipinski definition) is 9. The minimum absolute atomic E-state index is 0.120. The Balaban J connectivity index is 1.42. The highest BCUT2D eigenvalue weighted by atomic mass is 32.2. The number of nitrogens with zero attached hydrogens (tertiary/aromatic N) is 5. The van der Waals surface area contributed by atoms with E-state index in [4.69, 9.17) is 5.73 Å². The summed E-state index contributed by atoms with van der Waals surface area (Å²) in [4.78, 5) is 32.8. The second-order valence-electron chi connectivity index (χ2n) is 9.72. The molecule has 0 saturated carbocycles. The zero-order chi connectivity index (χ0) is 29.6. The molecule has 0 radical (unpaired) electrons. The fourth-order valence-corrected chi connectivity index (χ4v) is 5.23. The Labute approximate surface area is 238 Å². The van der Waals surface area contributed by atoms with Gasteiger partial charge in [-0.25, -0.2) is 27.8 Å². The van der Waals surface area contributed by atoms with Crippen molar-refractivity contribution < 1.29 is 17.6 Å². The zero-order valence-electron chi connectivity index (χ0n) is 22.4. The molecule has 6 rings (SSSR count). The van der Waals surface area contributed by atoms with Gasteiger partial charge in [-0.3, -0.25) is 14.9 Å². The Morgan fingerprint density at radius 3 is 2.64 bits per heavy atom. The second kappa shape index (κ2) is 10.4. The Morgan fingerprint density at radius 2 is 1.86 bits per heavy atom. The predicted octanol–water partition coefficient (Wildman–Crippen LogP) is 4.11. The number of nitrogens with one attached hydrogen (secondary N) is 3. The third-order valence-electron chi connectivity index (χ3n) is 6.74. The second-order valence-corrected chi connectivity index (χ2v) is 11.9. The van der Waals surface area contributed by atoms with Gasteiger partial charge in [0.15, 0.2) is 27.0 Å². The van der Waals surface area contributed by atoms with Gasteiger partial charge in [0.1, 0.15) is 16.9 Å². The quantitative estimate of drug-likeness (QED) is 0.214. The van der Waals surface area contributed by atoms with Crippen LogP contribution < -0.4 is 11.1 Å². The van der Waals surface area contributed by atoms with Crippen molar-refractivity contribution in [2.24, 2.45) is 5.73 Å². The van der Waals surface area contributed by atoms with Gasteiger partial charge in [0, 0.05) is 48.0 Å². The summed E-state index contributed by atoms with van der Waals surface area (Å²) in [6.07, 6.45) is 7.79. The van der Waals surface area contributed by atoms with Crippen LogP contribution in [0.15, 0.2) is 61.2 Å². The molecule has 0 saturated heterocycles. The smallest absolute Gasteiger partial charge is 0.224 e. The first-order chi connectivity index (χ1) is 20.1. The summed E-state index contributed by atoms with van der Waals surface area (Å²) in [5, 5.41) is 9.37. The minimum atomic E-state index is -3.65. The Bertz CT molecular complexity index is 2110. The first-order valence-electron chi connectivity index (χ1n) is 12.8. The molecule has 1 unspecified atom stereocenters. The molecular weight excluding hydrogens is 561 g/mol.